The maximum Gasteiger partial charge on any atom is 0.317 e. The largest absolute Gasteiger partial charge is 0.490 e. The summed E-state index contributed by atoms with van der Waals surface area (Å²) in [5.74, 6) is 0.733. The van der Waals surface area contributed by atoms with Crippen molar-refractivity contribution in [1.29, 1.82) is 0 Å². The van der Waals surface area contributed by atoms with Gasteiger partial charge in [0.15, 0.2) is 0 Å². The molecular weight excluding hydrogens is 404 g/mol. The number of likely N-dealkylation sites (tertiary alicyclic amines) is 1. The van der Waals surface area contributed by atoms with Crippen LogP contribution >= 0.6 is 0 Å². The fraction of sp³-hybridized carbons (Fsp3) is 0.476. The summed E-state index contributed by atoms with van der Waals surface area (Å²) in [6.07, 6.45) is -0.251. The molecule has 10 heteroatoms. The quantitative estimate of drug-likeness (QED) is 0.295. The van der Waals surface area contributed by atoms with Gasteiger partial charge in [-0.25, -0.2) is 4.79 Å². The van der Waals surface area contributed by atoms with E-state index in [-0.39, 0.29) is 12.6 Å². The van der Waals surface area contributed by atoms with Crippen LogP contribution in [-0.4, -0.2) is 72.7 Å². The molecule has 1 unspecified atom stereocenters. The summed E-state index contributed by atoms with van der Waals surface area (Å²) < 4.78 is 5.77. The summed E-state index contributed by atoms with van der Waals surface area (Å²) >= 11 is 0. The lowest BCUT2D eigenvalue weighted by Gasteiger charge is -2.30. The summed E-state index contributed by atoms with van der Waals surface area (Å²) in [4.78, 5) is 28.7. The van der Waals surface area contributed by atoms with Crippen LogP contribution in [0.1, 0.15) is 12.8 Å². The van der Waals surface area contributed by atoms with Crippen molar-refractivity contribution in [2.75, 3.05) is 39.3 Å². The zero-order chi connectivity index (χ0) is 22.1. The maximum absolute atomic E-state index is 12.1. The highest BCUT2D eigenvalue weighted by Crippen LogP contribution is 2.25. The second kappa shape index (κ2) is 11.3. The fourth-order valence-corrected chi connectivity index (χ4v) is 3.49. The Labute approximate surface area is 180 Å². The number of aliphatic hydroxyl groups excluding tert-OH is 1. The Hall–Kier alpha value is -3.11. The van der Waals surface area contributed by atoms with Crippen LogP contribution in [0.15, 0.2) is 42.5 Å². The molecule has 0 saturated carbocycles. The topological polar surface area (TPSA) is 126 Å². The number of benzene rings is 2. The van der Waals surface area contributed by atoms with Gasteiger partial charge in [-0.15, -0.1) is 10.1 Å². The van der Waals surface area contributed by atoms with Crippen LogP contribution in [-0.2, 0) is 4.84 Å². The highest BCUT2D eigenvalue weighted by molar-refractivity contribution is 5.88. The predicted octanol–water partition coefficient (Wildman–Crippen LogP) is 1.55. The van der Waals surface area contributed by atoms with Crippen molar-refractivity contribution in [3.63, 3.8) is 0 Å². The molecule has 1 aliphatic rings. The van der Waals surface area contributed by atoms with Crippen LogP contribution in [0.5, 0.6) is 5.75 Å². The van der Waals surface area contributed by atoms with Crippen molar-refractivity contribution in [3.8, 4) is 5.75 Å². The molecule has 1 atom stereocenters. The highest BCUT2D eigenvalue weighted by Gasteiger charge is 2.24. The number of nitrogens with one attached hydrogen (secondary N) is 2. The summed E-state index contributed by atoms with van der Waals surface area (Å²) in [7, 11) is 0. The lowest BCUT2D eigenvalue weighted by Crippen LogP contribution is -2.47. The Morgan fingerprint density at radius 1 is 1.19 bits per heavy atom. The molecule has 0 spiro atoms. The molecule has 0 aliphatic carbocycles. The number of rotatable bonds is 10. The van der Waals surface area contributed by atoms with E-state index in [1.165, 1.54) is 0 Å². The summed E-state index contributed by atoms with van der Waals surface area (Å²) in [6.45, 7) is 2.24. The molecule has 10 nitrogen and oxygen atoms in total. The molecule has 0 radical (unpaired) electrons. The number of piperidine rings is 1. The van der Waals surface area contributed by atoms with Gasteiger partial charge in [0, 0.05) is 38.1 Å². The average Bonchev–Trinajstić information content (AvgIpc) is 2.77. The van der Waals surface area contributed by atoms with Crippen LogP contribution in [0.2, 0.25) is 0 Å². The van der Waals surface area contributed by atoms with Gasteiger partial charge in [0.25, 0.3) is 5.09 Å². The molecule has 1 saturated heterocycles. The number of carbonyl (C=O) groups excluding carboxylic acids is 1. The van der Waals surface area contributed by atoms with Gasteiger partial charge in [-0.05, 0) is 24.3 Å². The van der Waals surface area contributed by atoms with E-state index in [1.807, 2.05) is 42.5 Å². The normalized spacial score (nSPS) is 15.5. The van der Waals surface area contributed by atoms with E-state index in [9.17, 15) is 20.0 Å². The zero-order valence-corrected chi connectivity index (χ0v) is 17.2. The van der Waals surface area contributed by atoms with Crippen LogP contribution in [0.3, 0.4) is 0 Å². The van der Waals surface area contributed by atoms with Crippen LogP contribution in [0.25, 0.3) is 10.8 Å². The molecule has 31 heavy (non-hydrogen) atoms. The minimum atomic E-state index is -0.784. The molecule has 168 valence electrons. The molecule has 2 aromatic carbocycles. The summed E-state index contributed by atoms with van der Waals surface area (Å²) in [6, 6.07) is 13.5. The number of fused-ring (bicyclic) bond motifs is 1. The molecular formula is C21H28N4O6. The van der Waals surface area contributed by atoms with E-state index in [0.29, 0.717) is 45.6 Å². The number of hydrogen-bond acceptors (Lipinski definition) is 7. The first kappa shape index (κ1) is 22.6. The maximum atomic E-state index is 12.1. The fourth-order valence-electron chi connectivity index (χ4n) is 3.49. The lowest BCUT2D eigenvalue weighted by atomic mass is 10.1. The second-order valence-electron chi connectivity index (χ2n) is 7.39. The molecule has 3 rings (SSSR count). The van der Waals surface area contributed by atoms with Gasteiger partial charge in [0.2, 0.25) is 0 Å². The molecule has 0 bridgehead atoms. The van der Waals surface area contributed by atoms with Crippen LogP contribution in [0, 0.1) is 10.1 Å². The van der Waals surface area contributed by atoms with Crippen LogP contribution < -0.4 is 15.4 Å². The lowest BCUT2D eigenvalue weighted by molar-refractivity contribution is -0.769. The predicted molar refractivity (Wildman–Crippen MR) is 114 cm³/mol. The first-order valence-electron chi connectivity index (χ1n) is 10.4. The van der Waals surface area contributed by atoms with Crippen LogP contribution in [0.4, 0.5) is 4.79 Å². The molecule has 2 amide bonds. The average molecular weight is 432 g/mol. The Kier molecular flexibility index (Phi) is 8.25. The SMILES string of the molecule is O=C(NCCNCC(O)COc1cccc2ccccc12)N1CCC(O[N+](=O)[O-])CC1. The number of urea groups is 1. The summed E-state index contributed by atoms with van der Waals surface area (Å²) in [5.41, 5.74) is 0. The van der Waals surface area contributed by atoms with Crippen molar-refractivity contribution in [2.24, 2.45) is 0 Å². The van der Waals surface area contributed by atoms with Crippen molar-refractivity contribution in [2.45, 2.75) is 25.0 Å². The number of aliphatic hydroxyl groups is 1. The smallest absolute Gasteiger partial charge is 0.317 e. The van der Waals surface area contributed by atoms with E-state index in [4.69, 9.17) is 4.74 Å². The Morgan fingerprint density at radius 3 is 2.71 bits per heavy atom. The van der Waals surface area contributed by atoms with E-state index in [1.54, 1.807) is 4.90 Å². The second-order valence-corrected chi connectivity index (χ2v) is 7.39. The van der Waals surface area contributed by atoms with Crippen molar-refractivity contribution in [3.05, 3.63) is 52.6 Å². The van der Waals surface area contributed by atoms with E-state index in [2.05, 4.69) is 15.5 Å². The number of ether oxygens (including phenoxy) is 1. The number of nitrogens with zero attached hydrogens (tertiary/aromatic N) is 2. The minimum absolute atomic E-state index is 0.161. The van der Waals surface area contributed by atoms with Crippen molar-refractivity contribution in [1.82, 2.24) is 15.5 Å². The summed E-state index contributed by atoms with van der Waals surface area (Å²) in [5, 5.41) is 27.7. The Morgan fingerprint density at radius 2 is 1.94 bits per heavy atom. The van der Waals surface area contributed by atoms with Crippen molar-refractivity contribution >= 4 is 16.8 Å². The van der Waals surface area contributed by atoms with Gasteiger partial charge in [0.05, 0.1) is 0 Å². The zero-order valence-electron chi connectivity index (χ0n) is 17.2. The standard InChI is InChI=1S/C21H28N4O6/c26-17(15-30-20-7-3-5-16-4-1-2-6-19(16)20)14-22-10-11-23-21(27)24-12-8-18(9-13-24)31-25(28)29/h1-7,17-18,22,26H,8-15H2,(H,23,27). The van der Waals surface area contributed by atoms with Gasteiger partial charge >= 0.3 is 6.03 Å². The molecule has 1 heterocycles. The third kappa shape index (κ3) is 6.97. The van der Waals surface area contributed by atoms with E-state index in [0.717, 1.165) is 16.5 Å². The minimum Gasteiger partial charge on any atom is -0.490 e. The number of carbonyl (C=O) groups is 1. The number of hydrogen-bond donors (Lipinski definition) is 3. The molecule has 0 aromatic heterocycles. The molecule has 1 fully saturated rings. The third-order valence-corrected chi connectivity index (χ3v) is 5.10. The molecule has 3 N–H and O–H groups in total. The molecule has 1 aliphatic heterocycles. The third-order valence-electron chi connectivity index (χ3n) is 5.10. The van der Waals surface area contributed by atoms with Gasteiger partial charge in [-0.1, -0.05) is 36.4 Å². The molecule has 2 aromatic rings. The van der Waals surface area contributed by atoms with E-state index < -0.39 is 17.3 Å². The Bertz CT molecular complexity index is 867. The van der Waals surface area contributed by atoms with Gasteiger partial charge < -0.3 is 30.2 Å². The highest BCUT2D eigenvalue weighted by atomic mass is 17.0. The van der Waals surface area contributed by atoms with Gasteiger partial charge in [-0.2, -0.15) is 0 Å². The van der Waals surface area contributed by atoms with E-state index >= 15 is 0 Å². The van der Waals surface area contributed by atoms with Gasteiger partial charge in [-0.3, -0.25) is 0 Å². The van der Waals surface area contributed by atoms with Gasteiger partial charge in [0.1, 0.15) is 24.6 Å². The first-order valence-corrected chi connectivity index (χ1v) is 10.4. The number of amides is 2. The first-order chi connectivity index (χ1) is 15.0. The monoisotopic (exact) mass is 432 g/mol. The Balaban J connectivity index is 1.28. The van der Waals surface area contributed by atoms with Crippen molar-refractivity contribution < 1.29 is 24.6 Å².